The lowest BCUT2D eigenvalue weighted by Crippen LogP contribution is -2.22. The third-order valence-electron chi connectivity index (χ3n) is 9.11. The molecule has 4 heterocycles. The zero-order chi connectivity index (χ0) is 33.6. The van der Waals surface area contributed by atoms with Gasteiger partial charge in [0.1, 0.15) is 24.1 Å². The van der Waals surface area contributed by atoms with Gasteiger partial charge in [0.15, 0.2) is 17.1 Å². The molecular weight excluding hydrogens is 625 g/mol. The van der Waals surface area contributed by atoms with Crippen molar-refractivity contribution in [2.24, 2.45) is 0 Å². The van der Waals surface area contributed by atoms with Crippen LogP contribution in [0.2, 0.25) is 25.7 Å². The number of hydrogen-bond acceptors (Lipinski definition) is 9. The van der Waals surface area contributed by atoms with Gasteiger partial charge in [0.2, 0.25) is 11.8 Å². The molecule has 2 aliphatic rings. The first kappa shape index (κ1) is 32.1. The first-order valence-electron chi connectivity index (χ1n) is 16.9. The standard InChI is InChI=1S/C36H44N6O5Si/c1-22-19-42(22)35(43)25-12-14-28(30(18-25)44-3)38-36-39-33-32(34(40-36)47-26-9-7-8-10-26)27(20-41(33)21-45-15-16-48(4,5)6)24-11-13-29-31(17-24)46-23(2)37-29/h11-14,17-18,20,22,26H,7-10,15-16,19,21H2,1-6H3,(H,38,39,40)/t22-,42?/m1/s1. The maximum atomic E-state index is 12.9. The highest BCUT2D eigenvalue weighted by atomic mass is 28.3. The van der Waals surface area contributed by atoms with Gasteiger partial charge in [-0.2, -0.15) is 9.97 Å². The number of amides is 1. The Hall–Kier alpha value is -4.42. The molecule has 1 amide bonds. The van der Waals surface area contributed by atoms with Crippen molar-refractivity contribution in [2.75, 3.05) is 25.6 Å². The van der Waals surface area contributed by atoms with Crippen LogP contribution in [-0.4, -0.2) is 70.8 Å². The number of rotatable bonds is 12. The highest BCUT2D eigenvalue weighted by Crippen LogP contribution is 2.40. The predicted molar refractivity (Wildman–Crippen MR) is 189 cm³/mol. The summed E-state index contributed by atoms with van der Waals surface area (Å²) in [5, 5.41) is 4.18. The van der Waals surface area contributed by atoms with Gasteiger partial charge in [-0.25, -0.2) is 4.98 Å². The van der Waals surface area contributed by atoms with Gasteiger partial charge < -0.3 is 33.4 Å². The molecule has 1 aliphatic heterocycles. The van der Waals surface area contributed by atoms with Gasteiger partial charge in [-0.3, -0.25) is 4.79 Å². The minimum Gasteiger partial charge on any atom is -0.495 e. The van der Waals surface area contributed by atoms with Crippen LogP contribution in [0.4, 0.5) is 11.6 Å². The summed E-state index contributed by atoms with van der Waals surface area (Å²) in [6.45, 7) is 12.7. The lowest BCUT2D eigenvalue weighted by atomic mass is 10.1. The van der Waals surface area contributed by atoms with Gasteiger partial charge in [0.05, 0.1) is 18.2 Å². The summed E-state index contributed by atoms with van der Waals surface area (Å²) in [5.41, 5.74) is 5.33. The second-order valence-corrected chi connectivity index (χ2v) is 19.8. The fourth-order valence-electron chi connectivity index (χ4n) is 6.26. The van der Waals surface area contributed by atoms with E-state index in [4.69, 9.17) is 28.6 Å². The molecule has 1 saturated carbocycles. The van der Waals surface area contributed by atoms with Gasteiger partial charge in [-0.05, 0) is 74.5 Å². The topological polar surface area (TPSA) is 117 Å². The zero-order valence-corrected chi connectivity index (χ0v) is 29.6. The molecule has 12 heteroatoms. The molecule has 0 unspecified atom stereocenters. The van der Waals surface area contributed by atoms with Crippen LogP contribution < -0.4 is 14.8 Å². The fraction of sp³-hybridized carbons (Fsp3) is 0.444. The van der Waals surface area contributed by atoms with Crippen molar-refractivity contribution in [3.63, 3.8) is 0 Å². The molecule has 2 fully saturated rings. The Morgan fingerprint density at radius 1 is 1.08 bits per heavy atom. The van der Waals surface area contributed by atoms with Gasteiger partial charge >= 0.3 is 0 Å². The minimum absolute atomic E-state index is 0.00423. The van der Waals surface area contributed by atoms with Gasteiger partial charge in [-0.1, -0.05) is 25.7 Å². The summed E-state index contributed by atoms with van der Waals surface area (Å²) < 4.78 is 26.6. The Labute approximate surface area is 281 Å². The van der Waals surface area contributed by atoms with Gasteiger partial charge in [0.25, 0.3) is 5.91 Å². The molecule has 0 spiro atoms. The molecule has 2 aromatic carbocycles. The van der Waals surface area contributed by atoms with E-state index < -0.39 is 8.07 Å². The Balaban J connectivity index is 1.31. The van der Waals surface area contributed by atoms with Crippen LogP contribution in [0.5, 0.6) is 11.6 Å². The number of benzene rings is 2. The average molecular weight is 669 g/mol. The maximum absolute atomic E-state index is 12.9. The number of nitrogens with one attached hydrogen (secondary N) is 1. The van der Waals surface area contributed by atoms with Crippen molar-refractivity contribution in [1.82, 2.24) is 24.4 Å². The third-order valence-corrected chi connectivity index (χ3v) is 10.8. The van der Waals surface area contributed by atoms with E-state index in [1.165, 1.54) is 0 Å². The molecule has 252 valence electrons. The van der Waals surface area contributed by atoms with Crippen molar-refractivity contribution in [3.8, 4) is 22.8 Å². The Morgan fingerprint density at radius 2 is 1.88 bits per heavy atom. The molecule has 11 nitrogen and oxygen atoms in total. The minimum atomic E-state index is -1.27. The monoisotopic (exact) mass is 668 g/mol. The van der Waals surface area contributed by atoms with Crippen LogP contribution in [0, 0.1) is 6.92 Å². The van der Waals surface area contributed by atoms with Crippen molar-refractivity contribution in [1.29, 1.82) is 0 Å². The number of aryl methyl sites for hydroxylation is 1. The number of carbonyl (C=O) groups is 1. The van der Waals surface area contributed by atoms with E-state index in [-0.39, 0.29) is 18.1 Å². The normalized spacial score (nSPS) is 16.6. The summed E-state index contributed by atoms with van der Waals surface area (Å²) >= 11 is 0. The van der Waals surface area contributed by atoms with Gasteiger partial charge in [0, 0.05) is 51.5 Å². The second-order valence-electron chi connectivity index (χ2n) is 14.2. The number of fused-ring (bicyclic) bond motifs is 2. The zero-order valence-electron chi connectivity index (χ0n) is 28.6. The van der Waals surface area contributed by atoms with Crippen LogP contribution in [0.15, 0.2) is 47.0 Å². The summed E-state index contributed by atoms with van der Waals surface area (Å²) in [5.74, 6) is 2.02. The molecule has 1 atom stereocenters. The van der Waals surface area contributed by atoms with E-state index in [0.29, 0.717) is 53.7 Å². The molecule has 5 aromatic rings. The molecule has 1 aliphatic carbocycles. The Bertz CT molecular complexity index is 1980. The molecule has 0 bridgehead atoms. The van der Waals surface area contributed by atoms with Crippen LogP contribution >= 0.6 is 0 Å². The molecular formula is C36H44N6O5Si. The number of ether oxygens (including phenoxy) is 3. The van der Waals surface area contributed by atoms with Gasteiger partial charge in [-0.15, -0.1) is 0 Å². The highest BCUT2D eigenvalue weighted by Gasteiger charge is 2.35. The molecule has 1 N–H and O–H groups in total. The highest BCUT2D eigenvalue weighted by molar-refractivity contribution is 6.76. The molecule has 1 saturated heterocycles. The van der Waals surface area contributed by atoms with E-state index in [1.54, 1.807) is 19.2 Å². The van der Waals surface area contributed by atoms with Crippen molar-refractivity contribution in [2.45, 2.75) is 84.1 Å². The average Bonchev–Trinajstić information content (AvgIpc) is 3.38. The SMILES string of the molecule is COc1cc(C(=O)N2C[C@H]2C)ccc1Nc1nc(OC2CCCC2)c2c(-c3ccc4nc(C)oc4c3)cn(COCC[Si](C)(C)C)c2n1. The largest absolute Gasteiger partial charge is 0.495 e. The van der Waals surface area contributed by atoms with Crippen LogP contribution in [0.3, 0.4) is 0 Å². The second kappa shape index (κ2) is 12.9. The predicted octanol–water partition coefficient (Wildman–Crippen LogP) is 7.78. The molecule has 48 heavy (non-hydrogen) atoms. The maximum Gasteiger partial charge on any atom is 0.254 e. The Morgan fingerprint density at radius 3 is 2.60 bits per heavy atom. The number of aromatic nitrogens is 4. The van der Waals surface area contributed by atoms with E-state index >= 15 is 0 Å². The first-order chi connectivity index (χ1) is 23.1. The van der Waals surface area contributed by atoms with Crippen LogP contribution in [-0.2, 0) is 11.5 Å². The summed E-state index contributed by atoms with van der Waals surface area (Å²) in [6, 6.07) is 12.8. The van der Waals surface area contributed by atoms with Crippen molar-refractivity contribution in [3.05, 3.63) is 54.0 Å². The van der Waals surface area contributed by atoms with Crippen molar-refractivity contribution < 1.29 is 23.4 Å². The van der Waals surface area contributed by atoms with E-state index in [0.717, 1.165) is 65.9 Å². The number of anilines is 2. The summed E-state index contributed by atoms with van der Waals surface area (Å²) in [7, 11) is 0.321. The van der Waals surface area contributed by atoms with Crippen LogP contribution in [0.25, 0.3) is 33.3 Å². The summed E-state index contributed by atoms with van der Waals surface area (Å²) in [6.07, 6.45) is 6.35. The van der Waals surface area contributed by atoms with Crippen molar-refractivity contribution >= 4 is 47.7 Å². The number of methoxy groups -OCH3 is 1. The molecule has 7 rings (SSSR count). The van der Waals surface area contributed by atoms with E-state index in [9.17, 15) is 4.79 Å². The smallest absolute Gasteiger partial charge is 0.254 e. The lowest BCUT2D eigenvalue weighted by Gasteiger charge is -2.17. The van der Waals surface area contributed by atoms with E-state index in [1.807, 2.05) is 47.6 Å². The molecule has 3 aromatic heterocycles. The lowest BCUT2D eigenvalue weighted by molar-refractivity contribution is 0.0875. The Kier molecular flexibility index (Phi) is 8.63. The quantitative estimate of drug-likeness (QED) is 0.0808. The number of oxazole rings is 1. The van der Waals surface area contributed by atoms with E-state index in [2.05, 4.69) is 36.1 Å². The van der Waals surface area contributed by atoms with Crippen LogP contribution in [0.1, 0.15) is 48.9 Å². The fourth-order valence-corrected chi connectivity index (χ4v) is 7.02. The number of hydrogen-bond donors (Lipinski definition) is 1. The summed E-state index contributed by atoms with van der Waals surface area (Å²) in [4.78, 5) is 29.2. The number of nitrogens with zero attached hydrogens (tertiary/aromatic N) is 5. The first-order valence-corrected chi connectivity index (χ1v) is 20.6. The third kappa shape index (κ3) is 6.77. The number of carbonyl (C=O) groups excluding carboxylic acids is 1. The molecule has 0 radical (unpaired) electrons.